The van der Waals surface area contributed by atoms with Crippen LogP contribution in [0.3, 0.4) is 0 Å². The molecule has 0 unspecified atom stereocenters. The Hall–Kier alpha value is -3.28. The molecule has 6 heteroatoms. The van der Waals surface area contributed by atoms with Gasteiger partial charge in [0.2, 0.25) is 0 Å². The van der Waals surface area contributed by atoms with Gasteiger partial charge >= 0.3 is 0 Å². The first-order chi connectivity index (χ1) is 13.9. The SMILES string of the molecule is CC(C)(C)c1ccccc1OCC(=O)Nc1cccc(OCCn2cccn2)c1. The molecule has 0 spiro atoms. The van der Waals surface area contributed by atoms with Crippen molar-refractivity contribution in [1.82, 2.24) is 9.78 Å². The molecule has 0 bridgehead atoms. The van der Waals surface area contributed by atoms with Crippen molar-refractivity contribution in [1.29, 1.82) is 0 Å². The highest BCUT2D eigenvalue weighted by Crippen LogP contribution is 2.30. The number of hydrogen-bond donors (Lipinski definition) is 1. The fourth-order valence-corrected chi connectivity index (χ4v) is 2.91. The number of ether oxygens (including phenoxy) is 2. The van der Waals surface area contributed by atoms with Crippen LogP contribution in [0.5, 0.6) is 11.5 Å². The molecule has 0 aliphatic carbocycles. The Bertz CT molecular complexity index is 931. The van der Waals surface area contributed by atoms with Crippen molar-refractivity contribution in [2.45, 2.75) is 32.7 Å². The summed E-state index contributed by atoms with van der Waals surface area (Å²) >= 11 is 0. The summed E-state index contributed by atoms with van der Waals surface area (Å²) < 4.78 is 13.3. The monoisotopic (exact) mass is 393 g/mol. The number of carbonyl (C=O) groups is 1. The molecule has 0 aliphatic rings. The van der Waals surface area contributed by atoms with Gasteiger partial charge in [0.25, 0.3) is 5.91 Å². The molecule has 2 aromatic carbocycles. The predicted molar refractivity (Wildman–Crippen MR) is 113 cm³/mol. The second-order valence-electron chi connectivity index (χ2n) is 7.73. The molecule has 1 heterocycles. The molecular weight excluding hydrogens is 366 g/mol. The molecule has 29 heavy (non-hydrogen) atoms. The zero-order chi connectivity index (χ0) is 20.7. The topological polar surface area (TPSA) is 65.4 Å². The van der Waals surface area contributed by atoms with Crippen LogP contribution in [0.1, 0.15) is 26.3 Å². The molecule has 0 fully saturated rings. The lowest BCUT2D eigenvalue weighted by Crippen LogP contribution is -2.22. The van der Waals surface area contributed by atoms with Crippen molar-refractivity contribution in [2.24, 2.45) is 0 Å². The summed E-state index contributed by atoms with van der Waals surface area (Å²) in [5, 5.41) is 6.99. The first kappa shape index (κ1) is 20.5. The third-order valence-electron chi connectivity index (χ3n) is 4.32. The number of hydrogen-bond acceptors (Lipinski definition) is 4. The van der Waals surface area contributed by atoms with Gasteiger partial charge in [0.05, 0.1) is 6.54 Å². The molecule has 152 valence electrons. The van der Waals surface area contributed by atoms with Crippen molar-refractivity contribution in [2.75, 3.05) is 18.5 Å². The maximum absolute atomic E-state index is 12.3. The highest BCUT2D eigenvalue weighted by molar-refractivity contribution is 5.92. The number of aromatic nitrogens is 2. The normalized spacial score (nSPS) is 11.1. The maximum Gasteiger partial charge on any atom is 0.262 e. The third kappa shape index (κ3) is 6.10. The number of carbonyl (C=O) groups excluding carboxylic acids is 1. The molecule has 0 saturated heterocycles. The number of amides is 1. The van der Waals surface area contributed by atoms with Gasteiger partial charge < -0.3 is 14.8 Å². The van der Waals surface area contributed by atoms with Gasteiger partial charge in [-0.3, -0.25) is 9.48 Å². The second-order valence-corrected chi connectivity index (χ2v) is 7.73. The molecule has 1 amide bonds. The van der Waals surface area contributed by atoms with E-state index in [0.29, 0.717) is 24.6 Å². The first-order valence-corrected chi connectivity index (χ1v) is 9.64. The third-order valence-corrected chi connectivity index (χ3v) is 4.32. The van der Waals surface area contributed by atoms with Gasteiger partial charge in [-0.25, -0.2) is 0 Å². The Morgan fingerprint density at radius 2 is 1.90 bits per heavy atom. The Morgan fingerprint density at radius 1 is 1.07 bits per heavy atom. The summed E-state index contributed by atoms with van der Waals surface area (Å²) in [6, 6.07) is 17.0. The van der Waals surface area contributed by atoms with Gasteiger partial charge in [-0.1, -0.05) is 45.0 Å². The molecule has 0 aliphatic heterocycles. The number of anilines is 1. The van der Waals surface area contributed by atoms with Gasteiger partial charge in [-0.15, -0.1) is 0 Å². The van der Waals surface area contributed by atoms with Gasteiger partial charge in [0, 0.05) is 24.1 Å². The zero-order valence-corrected chi connectivity index (χ0v) is 17.1. The Kier molecular flexibility index (Phi) is 6.54. The van der Waals surface area contributed by atoms with Gasteiger partial charge in [0.15, 0.2) is 6.61 Å². The number of nitrogens with one attached hydrogen (secondary N) is 1. The standard InChI is InChI=1S/C23H27N3O3/c1-23(2,3)20-10-4-5-11-21(20)29-17-22(27)25-18-8-6-9-19(16-18)28-15-14-26-13-7-12-24-26/h4-13,16H,14-15,17H2,1-3H3,(H,25,27). The summed E-state index contributed by atoms with van der Waals surface area (Å²) in [4.78, 5) is 12.3. The number of benzene rings is 2. The summed E-state index contributed by atoms with van der Waals surface area (Å²) in [5.41, 5.74) is 1.68. The lowest BCUT2D eigenvalue weighted by atomic mass is 9.86. The molecule has 0 radical (unpaired) electrons. The van der Waals surface area contributed by atoms with Crippen LogP contribution in [0, 0.1) is 0 Å². The molecule has 3 aromatic rings. The molecule has 6 nitrogen and oxygen atoms in total. The smallest absolute Gasteiger partial charge is 0.262 e. The summed E-state index contributed by atoms with van der Waals surface area (Å²) in [7, 11) is 0. The minimum absolute atomic E-state index is 0.0581. The van der Waals surface area contributed by atoms with E-state index in [1.54, 1.807) is 16.9 Å². The molecular formula is C23H27N3O3. The molecule has 0 saturated carbocycles. The lowest BCUT2D eigenvalue weighted by molar-refractivity contribution is -0.118. The van der Waals surface area contributed by atoms with E-state index in [1.807, 2.05) is 54.7 Å². The fraction of sp³-hybridized carbons (Fsp3) is 0.304. The van der Waals surface area contributed by atoms with Crippen LogP contribution in [0.2, 0.25) is 0 Å². The highest BCUT2D eigenvalue weighted by atomic mass is 16.5. The summed E-state index contributed by atoms with van der Waals surface area (Å²) in [6.07, 6.45) is 3.62. The van der Waals surface area contributed by atoms with Crippen LogP contribution in [-0.2, 0) is 16.8 Å². The van der Waals surface area contributed by atoms with Crippen molar-refractivity contribution >= 4 is 11.6 Å². The summed E-state index contributed by atoms with van der Waals surface area (Å²) in [5.74, 6) is 1.20. The van der Waals surface area contributed by atoms with E-state index in [-0.39, 0.29) is 17.9 Å². The second kappa shape index (κ2) is 9.28. The highest BCUT2D eigenvalue weighted by Gasteiger charge is 2.18. The van der Waals surface area contributed by atoms with Gasteiger partial charge in [0.1, 0.15) is 18.1 Å². The van der Waals surface area contributed by atoms with Crippen molar-refractivity contribution < 1.29 is 14.3 Å². The van der Waals surface area contributed by atoms with E-state index in [1.165, 1.54) is 0 Å². The van der Waals surface area contributed by atoms with E-state index in [4.69, 9.17) is 9.47 Å². The van der Waals surface area contributed by atoms with Crippen LogP contribution in [0.4, 0.5) is 5.69 Å². The van der Waals surface area contributed by atoms with E-state index in [2.05, 4.69) is 31.2 Å². The van der Waals surface area contributed by atoms with E-state index >= 15 is 0 Å². The average molecular weight is 393 g/mol. The Balaban J connectivity index is 1.52. The van der Waals surface area contributed by atoms with E-state index < -0.39 is 0 Å². The fourth-order valence-electron chi connectivity index (χ4n) is 2.91. The molecule has 1 N–H and O–H groups in total. The minimum Gasteiger partial charge on any atom is -0.492 e. The number of nitrogens with zero attached hydrogens (tertiary/aromatic N) is 2. The average Bonchev–Trinajstić information content (AvgIpc) is 3.20. The number of para-hydroxylation sites is 1. The molecule has 1 aromatic heterocycles. The van der Waals surface area contributed by atoms with Crippen LogP contribution in [-0.4, -0.2) is 28.9 Å². The largest absolute Gasteiger partial charge is 0.492 e. The van der Waals surface area contributed by atoms with Gasteiger partial charge in [-0.2, -0.15) is 5.10 Å². The number of rotatable bonds is 8. The van der Waals surface area contributed by atoms with Crippen molar-refractivity contribution in [3.63, 3.8) is 0 Å². The summed E-state index contributed by atoms with van der Waals surface area (Å²) in [6.45, 7) is 7.45. The zero-order valence-electron chi connectivity index (χ0n) is 17.1. The maximum atomic E-state index is 12.3. The molecule has 3 rings (SSSR count). The van der Waals surface area contributed by atoms with Crippen LogP contribution in [0.15, 0.2) is 67.0 Å². The lowest BCUT2D eigenvalue weighted by Gasteiger charge is -2.22. The van der Waals surface area contributed by atoms with Crippen LogP contribution < -0.4 is 14.8 Å². The van der Waals surface area contributed by atoms with Crippen molar-refractivity contribution in [3.05, 3.63) is 72.6 Å². The van der Waals surface area contributed by atoms with E-state index in [9.17, 15) is 4.79 Å². The molecule has 0 atom stereocenters. The quantitative estimate of drug-likeness (QED) is 0.620. The van der Waals surface area contributed by atoms with Crippen LogP contribution >= 0.6 is 0 Å². The minimum atomic E-state index is -0.220. The first-order valence-electron chi connectivity index (χ1n) is 9.64. The van der Waals surface area contributed by atoms with E-state index in [0.717, 1.165) is 11.3 Å². The van der Waals surface area contributed by atoms with Gasteiger partial charge in [-0.05, 0) is 35.2 Å². The predicted octanol–water partition coefficient (Wildman–Crippen LogP) is 4.28. The van der Waals surface area contributed by atoms with Crippen LogP contribution in [0.25, 0.3) is 0 Å². The van der Waals surface area contributed by atoms with Crippen molar-refractivity contribution in [3.8, 4) is 11.5 Å². The Labute approximate surface area is 171 Å². The Morgan fingerprint density at radius 3 is 2.66 bits per heavy atom.